The van der Waals surface area contributed by atoms with Crippen molar-refractivity contribution in [2.45, 2.75) is 13.8 Å². The predicted octanol–water partition coefficient (Wildman–Crippen LogP) is 1.44. The number of nitriles is 1. The van der Waals surface area contributed by atoms with Gasteiger partial charge in [0.25, 0.3) is 5.71 Å². The number of fused-ring (bicyclic) bond motifs is 1. The average molecular weight is 365 g/mol. The number of carbonyl (C=O) groups excluding carboxylic acids is 1. The summed E-state index contributed by atoms with van der Waals surface area (Å²) < 4.78 is 11.6. The fourth-order valence-electron chi connectivity index (χ4n) is 2.46. The van der Waals surface area contributed by atoms with Gasteiger partial charge in [-0.05, 0) is 26.0 Å². The Morgan fingerprint density at radius 2 is 2.07 bits per heavy atom. The molecular weight excluding hydrogens is 350 g/mol. The van der Waals surface area contributed by atoms with E-state index in [1.54, 1.807) is 32.0 Å². The number of rotatable bonds is 4. The molecule has 9 nitrogen and oxygen atoms in total. The third-order valence-corrected chi connectivity index (χ3v) is 3.71. The van der Waals surface area contributed by atoms with E-state index in [9.17, 15) is 14.9 Å². The Morgan fingerprint density at radius 1 is 1.37 bits per heavy atom. The minimum atomic E-state index is -0.935. The third kappa shape index (κ3) is 3.16. The highest BCUT2D eigenvalue weighted by Gasteiger charge is 2.22. The van der Waals surface area contributed by atoms with E-state index < -0.39 is 22.9 Å². The highest BCUT2D eigenvalue weighted by molar-refractivity contribution is 6.00. The number of esters is 1. The van der Waals surface area contributed by atoms with Crippen LogP contribution in [-0.2, 0) is 9.53 Å². The highest BCUT2D eigenvalue weighted by atomic mass is 16.5. The van der Waals surface area contributed by atoms with Crippen molar-refractivity contribution in [2.75, 3.05) is 6.61 Å². The summed E-state index contributed by atoms with van der Waals surface area (Å²) in [5.41, 5.74) is 5.29. The number of ether oxygens (including phenoxy) is 1. The summed E-state index contributed by atoms with van der Waals surface area (Å²) in [6.45, 7) is 3.33. The summed E-state index contributed by atoms with van der Waals surface area (Å²) in [6.07, 6.45) is 0. The largest absolute Gasteiger partial charge is 0.462 e. The number of carbonyl (C=O) groups is 1. The molecule has 0 saturated heterocycles. The van der Waals surface area contributed by atoms with Crippen molar-refractivity contribution in [3.05, 3.63) is 57.7 Å². The normalized spacial score (nSPS) is 11.7. The molecule has 0 aliphatic heterocycles. The van der Waals surface area contributed by atoms with Crippen LogP contribution in [0.2, 0.25) is 0 Å². The number of hydrogen-bond acceptors (Lipinski definition) is 8. The predicted molar refractivity (Wildman–Crippen MR) is 95.5 cm³/mol. The third-order valence-electron chi connectivity index (χ3n) is 3.71. The van der Waals surface area contributed by atoms with Crippen molar-refractivity contribution in [3.63, 3.8) is 0 Å². The van der Waals surface area contributed by atoms with Gasteiger partial charge in [0.1, 0.15) is 11.6 Å². The van der Waals surface area contributed by atoms with Crippen LogP contribution in [0.25, 0.3) is 22.6 Å². The Bertz CT molecular complexity index is 1150. The Hall–Kier alpha value is -3.93. The average Bonchev–Trinajstić information content (AvgIpc) is 2.98. The topological polar surface area (TPSA) is 137 Å². The maximum atomic E-state index is 12.4. The van der Waals surface area contributed by atoms with Crippen molar-refractivity contribution in [1.82, 2.24) is 14.8 Å². The van der Waals surface area contributed by atoms with Crippen LogP contribution in [0.15, 0.2) is 45.1 Å². The first kappa shape index (κ1) is 17.9. The maximum absolute atomic E-state index is 12.4. The van der Waals surface area contributed by atoms with Crippen LogP contribution in [0, 0.1) is 18.3 Å². The zero-order valence-electron chi connectivity index (χ0n) is 14.6. The van der Waals surface area contributed by atoms with E-state index in [-0.39, 0.29) is 23.5 Å². The molecule has 0 radical (unpaired) electrons. The lowest BCUT2D eigenvalue weighted by Crippen LogP contribution is -2.19. The smallest absolute Gasteiger partial charge is 0.365 e. The van der Waals surface area contributed by atoms with Gasteiger partial charge in [-0.25, -0.2) is 14.6 Å². The molecule has 0 bridgehead atoms. The number of nitrogens with two attached hydrogens (primary N) is 1. The minimum Gasteiger partial charge on any atom is -0.462 e. The standard InChI is InChI=1S/C18H15N5O4/c1-3-26-17(24)12(9-19)13(20)15-18(25)27-16-14(21-15)10(2)22-23(16)11-7-5-4-6-8-11/h4-8H,3,20H2,1-2H3/b13-12-. The van der Waals surface area contributed by atoms with Crippen molar-refractivity contribution in [3.8, 4) is 11.8 Å². The number of para-hydroxylation sites is 1. The second-order valence-electron chi connectivity index (χ2n) is 5.46. The SMILES string of the molecule is CCOC(=O)/C(C#N)=C(\N)c1nc2c(C)nn(-c3ccccc3)c2oc1=O. The van der Waals surface area contributed by atoms with Gasteiger partial charge in [0, 0.05) is 0 Å². The molecule has 0 amide bonds. The van der Waals surface area contributed by atoms with Gasteiger partial charge in [0.2, 0.25) is 0 Å². The van der Waals surface area contributed by atoms with Gasteiger partial charge < -0.3 is 14.9 Å². The van der Waals surface area contributed by atoms with Gasteiger partial charge in [-0.2, -0.15) is 15.0 Å². The van der Waals surface area contributed by atoms with Crippen molar-refractivity contribution in [2.24, 2.45) is 5.73 Å². The van der Waals surface area contributed by atoms with Gasteiger partial charge in [-0.15, -0.1) is 0 Å². The molecule has 0 unspecified atom stereocenters. The number of hydrogen-bond donors (Lipinski definition) is 1. The van der Waals surface area contributed by atoms with E-state index in [2.05, 4.69) is 10.1 Å². The minimum absolute atomic E-state index is 0.0569. The van der Waals surface area contributed by atoms with Gasteiger partial charge in [0.15, 0.2) is 11.3 Å². The molecule has 3 aromatic rings. The molecule has 3 rings (SSSR count). The molecule has 27 heavy (non-hydrogen) atoms. The van der Waals surface area contributed by atoms with Crippen LogP contribution in [-0.4, -0.2) is 27.3 Å². The number of aryl methyl sites for hydroxylation is 1. The number of benzene rings is 1. The summed E-state index contributed by atoms with van der Waals surface area (Å²) in [5.74, 6) is -0.935. The van der Waals surface area contributed by atoms with Crippen LogP contribution >= 0.6 is 0 Å². The molecule has 0 spiro atoms. The molecule has 0 aliphatic rings. The molecule has 2 N–H and O–H groups in total. The summed E-state index contributed by atoms with van der Waals surface area (Å²) in [6, 6.07) is 10.7. The lowest BCUT2D eigenvalue weighted by Gasteiger charge is -2.05. The van der Waals surface area contributed by atoms with Gasteiger partial charge >= 0.3 is 11.6 Å². The van der Waals surface area contributed by atoms with Crippen molar-refractivity contribution >= 4 is 22.9 Å². The molecule has 1 aromatic carbocycles. The lowest BCUT2D eigenvalue weighted by atomic mass is 10.2. The Labute approximate surface area is 153 Å². The molecule has 9 heteroatoms. The fourth-order valence-corrected chi connectivity index (χ4v) is 2.46. The molecule has 136 valence electrons. The number of aromatic nitrogens is 3. The molecule has 0 fully saturated rings. The zero-order valence-corrected chi connectivity index (χ0v) is 14.6. The van der Waals surface area contributed by atoms with E-state index in [0.29, 0.717) is 11.4 Å². The summed E-state index contributed by atoms with van der Waals surface area (Å²) in [5, 5.41) is 13.5. The lowest BCUT2D eigenvalue weighted by molar-refractivity contribution is -0.137. The van der Waals surface area contributed by atoms with Gasteiger partial charge in [0.05, 0.1) is 23.7 Å². The first-order valence-corrected chi connectivity index (χ1v) is 8.01. The van der Waals surface area contributed by atoms with E-state index >= 15 is 0 Å². The van der Waals surface area contributed by atoms with Crippen LogP contribution in [0.4, 0.5) is 0 Å². The quantitative estimate of drug-likeness (QED) is 0.416. The molecule has 0 aliphatic carbocycles. The highest BCUT2D eigenvalue weighted by Crippen LogP contribution is 2.20. The zero-order chi connectivity index (χ0) is 19.6. The molecule has 0 atom stereocenters. The monoisotopic (exact) mass is 365 g/mol. The molecule has 2 heterocycles. The molecule has 0 saturated carbocycles. The Balaban J connectivity index is 2.22. The van der Waals surface area contributed by atoms with Crippen LogP contribution in [0.3, 0.4) is 0 Å². The molecule has 2 aromatic heterocycles. The maximum Gasteiger partial charge on any atom is 0.365 e. The van der Waals surface area contributed by atoms with E-state index in [0.717, 1.165) is 0 Å². The fraction of sp³-hybridized carbons (Fsp3) is 0.167. The van der Waals surface area contributed by atoms with E-state index in [1.165, 1.54) is 4.68 Å². The molecular formula is C18H15N5O4. The summed E-state index contributed by atoms with van der Waals surface area (Å²) in [7, 11) is 0. The second-order valence-corrected chi connectivity index (χ2v) is 5.46. The first-order chi connectivity index (χ1) is 13.0. The van der Waals surface area contributed by atoms with Crippen molar-refractivity contribution < 1.29 is 13.9 Å². The van der Waals surface area contributed by atoms with E-state index in [1.807, 2.05) is 18.2 Å². The number of nitrogens with zero attached hydrogens (tertiary/aromatic N) is 4. The van der Waals surface area contributed by atoms with Gasteiger partial charge in [-0.1, -0.05) is 18.2 Å². The second kappa shape index (κ2) is 7.13. The summed E-state index contributed by atoms with van der Waals surface area (Å²) >= 11 is 0. The Kier molecular flexibility index (Phi) is 4.72. The first-order valence-electron chi connectivity index (χ1n) is 8.01. The van der Waals surface area contributed by atoms with Crippen LogP contribution in [0.1, 0.15) is 18.3 Å². The van der Waals surface area contributed by atoms with Crippen LogP contribution in [0.5, 0.6) is 0 Å². The summed E-state index contributed by atoms with van der Waals surface area (Å²) in [4.78, 5) is 28.5. The van der Waals surface area contributed by atoms with E-state index in [4.69, 9.17) is 14.9 Å². The van der Waals surface area contributed by atoms with Gasteiger partial charge in [-0.3, -0.25) is 0 Å². The van der Waals surface area contributed by atoms with Crippen LogP contribution < -0.4 is 11.4 Å². The Morgan fingerprint density at radius 3 is 2.70 bits per heavy atom. The van der Waals surface area contributed by atoms with Crippen molar-refractivity contribution in [1.29, 1.82) is 5.26 Å².